The molecule has 1 aromatic carbocycles. The third-order valence-electron chi connectivity index (χ3n) is 2.60. The molecular formula is C13H17N3O4. The van der Waals surface area contributed by atoms with Crippen molar-refractivity contribution in [2.75, 3.05) is 5.32 Å². The molecule has 1 aromatic rings. The lowest BCUT2D eigenvalue weighted by Crippen LogP contribution is -2.36. The zero-order valence-corrected chi connectivity index (χ0v) is 11.1. The third-order valence-corrected chi connectivity index (χ3v) is 2.60. The van der Waals surface area contributed by atoms with E-state index in [2.05, 4.69) is 10.6 Å². The van der Waals surface area contributed by atoms with Gasteiger partial charge in [-0.1, -0.05) is 0 Å². The van der Waals surface area contributed by atoms with Crippen molar-refractivity contribution < 1.29 is 19.5 Å². The van der Waals surface area contributed by atoms with Gasteiger partial charge in [-0.2, -0.15) is 0 Å². The number of carbonyl (C=O) groups excluding carboxylic acids is 2. The maximum atomic E-state index is 11.6. The molecule has 0 aliphatic heterocycles. The van der Waals surface area contributed by atoms with Crippen molar-refractivity contribution in [3.05, 3.63) is 29.8 Å². The molecule has 0 aliphatic carbocycles. The highest BCUT2D eigenvalue weighted by Crippen LogP contribution is 2.09. The Hall–Kier alpha value is -2.57. The van der Waals surface area contributed by atoms with Gasteiger partial charge in [-0.15, -0.1) is 0 Å². The van der Waals surface area contributed by atoms with Gasteiger partial charge < -0.3 is 21.5 Å². The summed E-state index contributed by atoms with van der Waals surface area (Å²) in [6, 6.07) is 5.44. The van der Waals surface area contributed by atoms with Crippen LogP contribution in [0.3, 0.4) is 0 Å². The number of aliphatic carboxylic acids is 1. The fourth-order valence-electron chi connectivity index (χ4n) is 1.52. The third kappa shape index (κ3) is 5.38. The van der Waals surface area contributed by atoms with E-state index in [9.17, 15) is 14.4 Å². The van der Waals surface area contributed by atoms with Crippen molar-refractivity contribution in [2.24, 2.45) is 5.73 Å². The van der Waals surface area contributed by atoms with Gasteiger partial charge in [-0.3, -0.25) is 9.59 Å². The summed E-state index contributed by atoms with van der Waals surface area (Å²) >= 11 is 0. The van der Waals surface area contributed by atoms with Gasteiger partial charge >= 0.3 is 12.0 Å². The van der Waals surface area contributed by atoms with E-state index in [-0.39, 0.29) is 12.5 Å². The molecule has 0 aromatic heterocycles. The number of nitrogens with one attached hydrogen (secondary N) is 2. The second-order valence-corrected chi connectivity index (χ2v) is 4.37. The zero-order chi connectivity index (χ0) is 15.1. The minimum atomic E-state index is -0.902. The van der Waals surface area contributed by atoms with Crippen LogP contribution in [0.15, 0.2) is 24.3 Å². The highest BCUT2D eigenvalue weighted by Gasteiger charge is 2.09. The first-order valence-corrected chi connectivity index (χ1v) is 6.07. The van der Waals surface area contributed by atoms with E-state index in [0.29, 0.717) is 17.7 Å². The van der Waals surface area contributed by atoms with E-state index in [0.717, 1.165) is 0 Å². The van der Waals surface area contributed by atoms with Crippen LogP contribution in [0.2, 0.25) is 0 Å². The lowest BCUT2D eigenvalue weighted by atomic mass is 10.2. The van der Waals surface area contributed by atoms with Gasteiger partial charge in [0, 0.05) is 23.7 Å². The van der Waals surface area contributed by atoms with Gasteiger partial charge in [0.15, 0.2) is 0 Å². The Balaban J connectivity index is 2.45. The number of rotatable bonds is 6. The van der Waals surface area contributed by atoms with Crippen LogP contribution < -0.4 is 16.4 Å². The molecule has 7 nitrogen and oxygen atoms in total. The average Bonchev–Trinajstić information content (AvgIpc) is 2.36. The molecular weight excluding hydrogens is 262 g/mol. The summed E-state index contributed by atoms with van der Waals surface area (Å²) < 4.78 is 0. The molecule has 0 fully saturated rings. The summed E-state index contributed by atoms with van der Waals surface area (Å²) in [6.07, 6.45) is 0.345. The average molecular weight is 279 g/mol. The molecule has 20 heavy (non-hydrogen) atoms. The number of amides is 3. The normalized spacial score (nSPS) is 11.4. The largest absolute Gasteiger partial charge is 0.481 e. The number of anilines is 1. The molecule has 5 N–H and O–H groups in total. The second kappa shape index (κ2) is 7.13. The van der Waals surface area contributed by atoms with Gasteiger partial charge in [0.1, 0.15) is 0 Å². The van der Waals surface area contributed by atoms with Gasteiger partial charge in [0.05, 0.1) is 0 Å². The molecule has 3 amide bonds. The fraction of sp³-hybridized carbons (Fsp3) is 0.308. The standard InChI is InChI=1S/C13H17N3O4/c1-8(2-7-11(17)18)15-13(20)16-10-5-3-9(4-6-10)12(14)19/h3-6,8H,2,7H2,1H3,(H2,14,19)(H,17,18)(H2,15,16,20). The molecule has 0 saturated heterocycles. The number of primary amides is 1. The highest BCUT2D eigenvalue weighted by atomic mass is 16.4. The molecule has 1 unspecified atom stereocenters. The van der Waals surface area contributed by atoms with Gasteiger partial charge in [-0.05, 0) is 37.6 Å². The predicted octanol–water partition coefficient (Wildman–Crippen LogP) is 1.16. The fourth-order valence-corrected chi connectivity index (χ4v) is 1.52. The molecule has 0 bridgehead atoms. The van der Waals surface area contributed by atoms with Crippen LogP contribution in [-0.2, 0) is 4.79 Å². The smallest absolute Gasteiger partial charge is 0.319 e. The lowest BCUT2D eigenvalue weighted by Gasteiger charge is -2.13. The van der Waals surface area contributed by atoms with Crippen LogP contribution in [0.25, 0.3) is 0 Å². The number of hydrogen-bond donors (Lipinski definition) is 4. The highest BCUT2D eigenvalue weighted by molar-refractivity contribution is 5.94. The summed E-state index contributed by atoms with van der Waals surface area (Å²) in [5.74, 6) is -1.44. The number of carboxylic acid groups (broad SMARTS) is 1. The first kappa shape index (κ1) is 15.5. The van der Waals surface area contributed by atoms with Gasteiger partial charge in [0.25, 0.3) is 0 Å². The Morgan fingerprint density at radius 3 is 2.35 bits per heavy atom. The number of carboxylic acids is 1. The first-order valence-electron chi connectivity index (χ1n) is 6.07. The van der Waals surface area contributed by atoms with E-state index >= 15 is 0 Å². The summed E-state index contributed by atoms with van der Waals surface area (Å²) in [5, 5.41) is 13.7. The molecule has 1 atom stereocenters. The Morgan fingerprint density at radius 2 is 1.85 bits per heavy atom. The van der Waals surface area contributed by atoms with Gasteiger partial charge in [-0.25, -0.2) is 4.79 Å². The minimum Gasteiger partial charge on any atom is -0.481 e. The second-order valence-electron chi connectivity index (χ2n) is 4.37. The van der Waals surface area contributed by atoms with E-state index in [1.165, 1.54) is 12.1 Å². The Bertz CT molecular complexity index is 499. The first-order chi connectivity index (χ1) is 9.38. The van der Waals surface area contributed by atoms with Crippen LogP contribution in [0, 0.1) is 0 Å². The maximum absolute atomic E-state index is 11.6. The Labute approximate surface area is 116 Å². The van der Waals surface area contributed by atoms with E-state index in [1.807, 2.05) is 0 Å². The topological polar surface area (TPSA) is 122 Å². The molecule has 0 spiro atoms. The Kier molecular flexibility index (Phi) is 5.52. The predicted molar refractivity (Wildman–Crippen MR) is 73.4 cm³/mol. The summed E-state index contributed by atoms with van der Waals surface area (Å²) in [7, 11) is 0. The van der Waals surface area contributed by atoms with Crippen LogP contribution in [0.5, 0.6) is 0 Å². The van der Waals surface area contributed by atoms with Crippen LogP contribution >= 0.6 is 0 Å². The SMILES string of the molecule is CC(CCC(=O)O)NC(=O)Nc1ccc(C(N)=O)cc1. The molecule has 0 heterocycles. The van der Waals surface area contributed by atoms with Crippen LogP contribution in [-0.4, -0.2) is 29.1 Å². The van der Waals surface area contributed by atoms with Gasteiger partial charge in [0.2, 0.25) is 5.91 Å². The molecule has 0 radical (unpaired) electrons. The molecule has 1 rings (SSSR count). The van der Waals surface area contributed by atoms with E-state index in [4.69, 9.17) is 10.8 Å². The van der Waals surface area contributed by atoms with Crippen molar-refractivity contribution in [1.29, 1.82) is 0 Å². The maximum Gasteiger partial charge on any atom is 0.319 e. The van der Waals surface area contributed by atoms with E-state index in [1.54, 1.807) is 19.1 Å². The van der Waals surface area contributed by atoms with Crippen molar-refractivity contribution in [3.8, 4) is 0 Å². The number of carbonyl (C=O) groups is 3. The van der Waals surface area contributed by atoms with Crippen molar-refractivity contribution in [3.63, 3.8) is 0 Å². The summed E-state index contributed by atoms with van der Waals surface area (Å²) in [6.45, 7) is 1.72. The monoisotopic (exact) mass is 279 g/mol. The molecule has 0 aliphatic rings. The number of nitrogens with two attached hydrogens (primary N) is 1. The lowest BCUT2D eigenvalue weighted by molar-refractivity contribution is -0.137. The minimum absolute atomic E-state index is 0.00520. The zero-order valence-electron chi connectivity index (χ0n) is 11.1. The molecule has 0 saturated carbocycles. The quantitative estimate of drug-likeness (QED) is 0.624. The Morgan fingerprint density at radius 1 is 1.25 bits per heavy atom. The number of hydrogen-bond acceptors (Lipinski definition) is 3. The van der Waals surface area contributed by atoms with Crippen molar-refractivity contribution in [2.45, 2.75) is 25.8 Å². The van der Waals surface area contributed by atoms with Crippen molar-refractivity contribution in [1.82, 2.24) is 5.32 Å². The van der Waals surface area contributed by atoms with Crippen LogP contribution in [0.1, 0.15) is 30.1 Å². The van der Waals surface area contributed by atoms with Crippen LogP contribution in [0.4, 0.5) is 10.5 Å². The van der Waals surface area contributed by atoms with E-state index < -0.39 is 17.9 Å². The number of urea groups is 1. The van der Waals surface area contributed by atoms with Crippen molar-refractivity contribution >= 4 is 23.6 Å². The molecule has 7 heteroatoms. The summed E-state index contributed by atoms with van der Waals surface area (Å²) in [5.41, 5.74) is 5.97. The molecule has 108 valence electrons. The number of benzene rings is 1. The summed E-state index contributed by atoms with van der Waals surface area (Å²) in [4.78, 5) is 32.9.